The van der Waals surface area contributed by atoms with Crippen LogP contribution in [0.1, 0.15) is 26.2 Å². The van der Waals surface area contributed by atoms with Crippen LogP contribution in [0.15, 0.2) is 54.6 Å². The number of para-hydroxylation sites is 2. The Balaban J connectivity index is 1.47. The summed E-state index contributed by atoms with van der Waals surface area (Å²) in [5.74, 6) is 0.828. The first-order valence-electron chi connectivity index (χ1n) is 10.7. The SMILES string of the molecule is CCC(Oc1ccccc1Cl)C(=O)N(C)CC1CCN(C(=O)Nc2ccccc2)CC1. The third-order valence-corrected chi connectivity index (χ3v) is 5.90. The molecule has 0 aromatic heterocycles. The first-order valence-corrected chi connectivity index (χ1v) is 11.1. The lowest BCUT2D eigenvalue weighted by Crippen LogP contribution is -2.45. The number of anilines is 1. The van der Waals surface area contributed by atoms with E-state index in [1.165, 1.54) is 0 Å². The average Bonchev–Trinajstić information content (AvgIpc) is 2.79. The molecule has 7 heteroatoms. The summed E-state index contributed by atoms with van der Waals surface area (Å²) in [7, 11) is 1.81. The Morgan fingerprint density at radius 3 is 2.42 bits per heavy atom. The molecule has 1 N–H and O–H groups in total. The fourth-order valence-corrected chi connectivity index (χ4v) is 3.95. The molecule has 0 spiro atoms. The van der Waals surface area contributed by atoms with E-state index in [1.807, 2.05) is 61.3 Å². The maximum absolute atomic E-state index is 12.9. The van der Waals surface area contributed by atoms with E-state index in [4.69, 9.17) is 16.3 Å². The van der Waals surface area contributed by atoms with Crippen LogP contribution in [-0.4, -0.2) is 54.5 Å². The summed E-state index contributed by atoms with van der Waals surface area (Å²) >= 11 is 6.17. The van der Waals surface area contributed by atoms with Gasteiger partial charge in [0.15, 0.2) is 6.10 Å². The number of nitrogens with one attached hydrogen (secondary N) is 1. The Morgan fingerprint density at radius 2 is 1.77 bits per heavy atom. The first-order chi connectivity index (χ1) is 15.0. The minimum absolute atomic E-state index is 0.0494. The van der Waals surface area contributed by atoms with Crippen molar-refractivity contribution in [3.05, 3.63) is 59.6 Å². The molecule has 0 bridgehead atoms. The highest BCUT2D eigenvalue weighted by Crippen LogP contribution is 2.26. The number of piperidine rings is 1. The van der Waals surface area contributed by atoms with E-state index < -0.39 is 6.10 Å². The molecule has 0 aliphatic carbocycles. The third kappa shape index (κ3) is 6.37. The summed E-state index contributed by atoms with van der Waals surface area (Å²) in [6, 6.07) is 16.6. The second kappa shape index (κ2) is 11.0. The van der Waals surface area contributed by atoms with Gasteiger partial charge in [0.1, 0.15) is 5.75 Å². The number of hydrogen-bond donors (Lipinski definition) is 1. The molecule has 1 fully saturated rings. The molecular weight excluding hydrogens is 414 g/mol. The number of likely N-dealkylation sites (N-methyl/N-ethyl adjacent to an activating group) is 1. The van der Waals surface area contributed by atoms with Crippen LogP contribution in [-0.2, 0) is 4.79 Å². The first kappa shape index (κ1) is 22.9. The molecule has 1 atom stereocenters. The van der Waals surface area contributed by atoms with E-state index in [1.54, 1.807) is 17.0 Å². The summed E-state index contributed by atoms with van der Waals surface area (Å²) in [5.41, 5.74) is 0.795. The minimum Gasteiger partial charge on any atom is -0.479 e. The topological polar surface area (TPSA) is 61.9 Å². The smallest absolute Gasteiger partial charge is 0.321 e. The van der Waals surface area contributed by atoms with Crippen LogP contribution in [0.2, 0.25) is 5.02 Å². The van der Waals surface area contributed by atoms with Crippen molar-refractivity contribution in [1.29, 1.82) is 0 Å². The minimum atomic E-state index is -0.568. The quantitative estimate of drug-likeness (QED) is 0.662. The van der Waals surface area contributed by atoms with Crippen LogP contribution in [0.5, 0.6) is 5.75 Å². The van der Waals surface area contributed by atoms with Crippen molar-refractivity contribution in [1.82, 2.24) is 9.80 Å². The zero-order valence-corrected chi connectivity index (χ0v) is 18.8. The lowest BCUT2D eigenvalue weighted by atomic mass is 9.96. The van der Waals surface area contributed by atoms with E-state index in [0.29, 0.717) is 42.7 Å². The van der Waals surface area contributed by atoms with E-state index in [0.717, 1.165) is 18.5 Å². The number of amides is 3. The van der Waals surface area contributed by atoms with Crippen LogP contribution in [0, 0.1) is 5.92 Å². The highest BCUT2D eigenvalue weighted by atomic mass is 35.5. The second-order valence-electron chi connectivity index (χ2n) is 7.89. The van der Waals surface area contributed by atoms with Crippen molar-refractivity contribution in [2.45, 2.75) is 32.3 Å². The van der Waals surface area contributed by atoms with Gasteiger partial charge < -0.3 is 19.9 Å². The van der Waals surface area contributed by atoms with Gasteiger partial charge in [-0.05, 0) is 49.4 Å². The number of halogens is 1. The largest absolute Gasteiger partial charge is 0.479 e. The molecule has 0 radical (unpaired) electrons. The Hall–Kier alpha value is -2.73. The molecule has 1 unspecified atom stereocenters. The number of rotatable bonds is 7. The number of carbonyl (C=O) groups is 2. The zero-order chi connectivity index (χ0) is 22.2. The van der Waals surface area contributed by atoms with Gasteiger partial charge in [0.05, 0.1) is 5.02 Å². The van der Waals surface area contributed by atoms with Crippen molar-refractivity contribution in [3.63, 3.8) is 0 Å². The molecule has 2 aromatic rings. The number of benzene rings is 2. The van der Waals surface area contributed by atoms with Gasteiger partial charge in [-0.15, -0.1) is 0 Å². The van der Waals surface area contributed by atoms with Crippen LogP contribution < -0.4 is 10.1 Å². The molecule has 1 saturated heterocycles. The molecule has 6 nitrogen and oxygen atoms in total. The zero-order valence-electron chi connectivity index (χ0n) is 18.1. The van der Waals surface area contributed by atoms with Crippen molar-refractivity contribution < 1.29 is 14.3 Å². The van der Waals surface area contributed by atoms with Gasteiger partial charge in [-0.25, -0.2) is 4.79 Å². The van der Waals surface area contributed by atoms with Crippen LogP contribution in [0.4, 0.5) is 10.5 Å². The summed E-state index contributed by atoms with van der Waals surface area (Å²) in [4.78, 5) is 29.0. The number of carbonyl (C=O) groups excluding carboxylic acids is 2. The summed E-state index contributed by atoms with van der Waals surface area (Å²) < 4.78 is 5.89. The van der Waals surface area contributed by atoms with Gasteiger partial charge in [0, 0.05) is 32.4 Å². The van der Waals surface area contributed by atoms with Gasteiger partial charge in [-0.2, -0.15) is 0 Å². The summed E-state index contributed by atoms with van der Waals surface area (Å²) in [6.07, 6.45) is 1.72. The lowest BCUT2D eigenvalue weighted by molar-refractivity contribution is -0.138. The predicted octanol–water partition coefficient (Wildman–Crippen LogP) is 4.90. The Morgan fingerprint density at radius 1 is 1.13 bits per heavy atom. The predicted molar refractivity (Wildman–Crippen MR) is 124 cm³/mol. The molecular formula is C24H30ClN3O3. The van der Waals surface area contributed by atoms with E-state index in [-0.39, 0.29) is 11.9 Å². The van der Waals surface area contributed by atoms with Crippen LogP contribution >= 0.6 is 11.6 Å². The molecule has 1 heterocycles. The molecule has 0 saturated carbocycles. The van der Waals surface area contributed by atoms with E-state index in [2.05, 4.69) is 5.32 Å². The molecule has 3 amide bonds. The highest BCUT2D eigenvalue weighted by molar-refractivity contribution is 6.32. The maximum Gasteiger partial charge on any atom is 0.321 e. The molecule has 166 valence electrons. The number of ether oxygens (including phenoxy) is 1. The molecule has 1 aliphatic heterocycles. The molecule has 2 aromatic carbocycles. The average molecular weight is 444 g/mol. The van der Waals surface area contributed by atoms with Crippen molar-refractivity contribution >= 4 is 29.2 Å². The normalized spacial score (nSPS) is 15.3. The maximum atomic E-state index is 12.9. The Labute approximate surface area is 189 Å². The number of hydrogen-bond acceptors (Lipinski definition) is 3. The van der Waals surface area contributed by atoms with Crippen LogP contribution in [0.25, 0.3) is 0 Å². The standard InChI is InChI=1S/C24H30ClN3O3/c1-3-21(31-22-12-8-7-11-20(22)25)23(29)27(2)17-18-13-15-28(16-14-18)24(30)26-19-9-5-4-6-10-19/h4-12,18,21H,3,13-17H2,1-2H3,(H,26,30). The second-order valence-corrected chi connectivity index (χ2v) is 8.30. The summed E-state index contributed by atoms with van der Waals surface area (Å²) in [5, 5.41) is 3.43. The Kier molecular flexibility index (Phi) is 8.18. The van der Waals surface area contributed by atoms with E-state index in [9.17, 15) is 9.59 Å². The third-order valence-electron chi connectivity index (χ3n) is 5.59. The molecule has 3 rings (SSSR count). The van der Waals surface area contributed by atoms with Gasteiger partial charge in [-0.1, -0.05) is 48.9 Å². The number of likely N-dealkylation sites (tertiary alicyclic amines) is 1. The van der Waals surface area contributed by atoms with Gasteiger partial charge in [0.2, 0.25) is 0 Å². The monoisotopic (exact) mass is 443 g/mol. The van der Waals surface area contributed by atoms with Gasteiger partial charge >= 0.3 is 6.03 Å². The van der Waals surface area contributed by atoms with E-state index >= 15 is 0 Å². The molecule has 1 aliphatic rings. The molecule has 31 heavy (non-hydrogen) atoms. The fraction of sp³-hybridized carbons (Fsp3) is 0.417. The Bertz CT molecular complexity index is 869. The summed E-state index contributed by atoms with van der Waals surface area (Å²) in [6.45, 7) is 3.93. The van der Waals surface area contributed by atoms with Crippen molar-refractivity contribution in [2.24, 2.45) is 5.92 Å². The van der Waals surface area contributed by atoms with Crippen LogP contribution in [0.3, 0.4) is 0 Å². The fourth-order valence-electron chi connectivity index (χ4n) is 3.77. The number of nitrogens with zero attached hydrogens (tertiary/aromatic N) is 2. The van der Waals surface area contributed by atoms with Crippen molar-refractivity contribution in [3.8, 4) is 5.75 Å². The van der Waals surface area contributed by atoms with Gasteiger partial charge in [-0.3, -0.25) is 4.79 Å². The highest BCUT2D eigenvalue weighted by Gasteiger charge is 2.28. The van der Waals surface area contributed by atoms with Crippen molar-refractivity contribution in [2.75, 3.05) is 32.0 Å². The number of urea groups is 1. The van der Waals surface area contributed by atoms with Gasteiger partial charge in [0.25, 0.3) is 5.91 Å². The lowest BCUT2D eigenvalue weighted by Gasteiger charge is -2.34.